The van der Waals surface area contributed by atoms with E-state index in [1.165, 1.54) is 5.56 Å². The zero-order valence-electron chi connectivity index (χ0n) is 12.2. The fourth-order valence-electron chi connectivity index (χ4n) is 2.83. The average Bonchev–Trinajstić information content (AvgIpc) is 2.46. The molecule has 112 valence electrons. The molecular formula is C16H25ClN2O. The smallest absolute Gasteiger partial charge is 0.0564 e. The van der Waals surface area contributed by atoms with Crippen LogP contribution in [0.15, 0.2) is 24.3 Å². The first-order valence-corrected chi connectivity index (χ1v) is 7.96. The molecule has 1 saturated heterocycles. The van der Waals surface area contributed by atoms with E-state index in [2.05, 4.69) is 23.2 Å². The first-order valence-electron chi connectivity index (χ1n) is 7.59. The van der Waals surface area contributed by atoms with Gasteiger partial charge in [0.15, 0.2) is 0 Å². The third-order valence-corrected chi connectivity index (χ3v) is 4.37. The highest BCUT2D eigenvalue weighted by Gasteiger charge is 2.19. The molecule has 0 bridgehead atoms. The molecule has 1 aliphatic rings. The van der Waals surface area contributed by atoms with Gasteiger partial charge < -0.3 is 15.3 Å². The van der Waals surface area contributed by atoms with Crippen molar-refractivity contribution < 1.29 is 5.11 Å². The van der Waals surface area contributed by atoms with E-state index >= 15 is 0 Å². The van der Waals surface area contributed by atoms with Crippen molar-refractivity contribution in [1.29, 1.82) is 0 Å². The number of benzene rings is 1. The predicted octanol–water partition coefficient (Wildman–Crippen LogP) is 2.84. The number of hydrogen-bond acceptors (Lipinski definition) is 3. The molecule has 2 N–H and O–H groups in total. The Hall–Kier alpha value is -0.610. The van der Waals surface area contributed by atoms with E-state index in [4.69, 9.17) is 11.6 Å². The van der Waals surface area contributed by atoms with Gasteiger partial charge in [-0.05, 0) is 44.0 Å². The Balaban J connectivity index is 1.91. The summed E-state index contributed by atoms with van der Waals surface area (Å²) in [5.41, 5.74) is 1.19. The summed E-state index contributed by atoms with van der Waals surface area (Å²) in [4.78, 5) is 2.44. The maximum absolute atomic E-state index is 9.55. The predicted molar refractivity (Wildman–Crippen MR) is 84.2 cm³/mol. The number of piperidine rings is 1. The van der Waals surface area contributed by atoms with Gasteiger partial charge in [-0.3, -0.25) is 0 Å². The minimum Gasteiger partial charge on any atom is -0.393 e. The molecule has 3 nitrogen and oxygen atoms in total. The summed E-state index contributed by atoms with van der Waals surface area (Å²) in [6.45, 7) is 6.12. The molecule has 0 amide bonds. The molecule has 1 aromatic carbocycles. The highest BCUT2D eigenvalue weighted by atomic mass is 35.5. The fraction of sp³-hybridized carbons (Fsp3) is 0.625. The lowest BCUT2D eigenvalue weighted by molar-refractivity contribution is 0.0806. The summed E-state index contributed by atoms with van der Waals surface area (Å²) < 4.78 is 0. The standard InChI is InChI=1S/C16H25ClN2O/c1-2-18-16(14-5-3-4-6-15(14)17)9-12-19-10-7-13(20)8-11-19/h3-6,13,16,18,20H,2,7-12H2,1H3. The van der Waals surface area contributed by atoms with E-state index < -0.39 is 0 Å². The Kier molecular flexibility index (Phi) is 6.30. The minimum absolute atomic E-state index is 0.0978. The second kappa shape index (κ2) is 7.99. The summed E-state index contributed by atoms with van der Waals surface area (Å²) in [7, 11) is 0. The molecular weight excluding hydrogens is 272 g/mol. The summed E-state index contributed by atoms with van der Waals surface area (Å²) in [6.07, 6.45) is 2.75. The van der Waals surface area contributed by atoms with Crippen molar-refractivity contribution in [2.45, 2.75) is 38.3 Å². The molecule has 0 spiro atoms. The van der Waals surface area contributed by atoms with E-state index in [-0.39, 0.29) is 6.10 Å². The van der Waals surface area contributed by atoms with E-state index in [0.29, 0.717) is 6.04 Å². The van der Waals surface area contributed by atoms with Crippen molar-refractivity contribution in [2.75, 3.05) is 26.2 Å². The van der Waals surface area contributed by atoms with Crippen LogP contribution in [0.2, 0.25) is 5.02 Å². The third kappa shape index (κ3) is 4.45. The fourth-order valence-corrected chi connectivity index (χ4v) is 3.09. The second-order valence-corrected chi connectivity index (χ2v) is 5.90. The van der Waals surface area contributed by atoms with E-state index in [0.717, 1.165) is 50.5 Å². The summed E-state index contributed by atoms with van der Waals surface area (Å²) in [6, 6.07) is 8.39. The minimum atomic E-state index is -0.0978. The van der Waals surface area contributed by atoms with Crippen LogP contribution >= 0.6 is 11.6 Å². The highest BCUT2D eigenvalue weighted by molar-refractivity contribution is 6.31. The molecule has 4 heteroatoms. The lowest BCUT2D eigenvalue weighted by atomic mass is 10.0. The quantitative estimate of drug-likeness (QED) is 0.847. The Labute approximate surface area is 126 Å². The first kappa shape index (κ1) is 15.8. The van der Waals surface area contributed by atoms with Gasteiger partial charge in [-0.15, -0.1) is 0 Å². The van der Waals surface area contributed by atoms with Crippen LogP contribution < -0.4 is 5.32 Å². The summed E-state index contributed by atoms with van der Waals surface area (Å²) in [5, 5.41) is 13.9. The van der Waals surface area contributed by atoms with Crippen molar-refractivity contribution in [3.63, 3.8) is 0 Å². The summed E-state index contributed by atoms with van der Waals surface area (Å²) >= 11 is 6.31. The van der Waals surface area contributed by atoms with Crippen molar-refractivity contribution in [3.8, 4) is 0 Å². The van der Waals surface area contributed by atoms with E-state index in [1.54, 1.807) is 0 Å². The molecule has 1 aromatic rings. The van der Waals surface area contributed by atoms with Crippen LogP contribution in [0.1, 0.15) is 37.8 Å². The van der Waals surface area contributed by atoms with Gasteiger partial charge in [-0.1, -0.05) is 36.7 Å². The number of likely N-dealkylation sites (tertiary alicyclic amines) is 1. The zero-order chi connectivity index (χ0) is 14.4. The van der Waals surface area contributed by atoms with Crippen LogP contribution in [0.3, 0.4) is 0 Å². The van der Waals surface area contributed by atoms with Crippen LogP contribution in [0, 0.1) is 0 Å². The SMILES string of the molecule is CCNC(CCN1CCC(O)CC1)c1ccccc1Cl. The van der Waals surface area contributed by atoms with Gasteiger partial charge in [-0.2, -0.15) is 0 Å². The number of halogens is 1. The van der Waals surface area contributed by atoms with Gasteiger partial charge in [0, 0.05) is 24.2 Å². The van der Waals surface area contributed by atoms with Gasteiger partial charge in [0.05, 0.1) is 6.10 Å². The molecule has 0 radical (unpaired) electrons. The molecule has 0 aliphatic carbocycles. The van der Waals surface area contributed by atoms with Crippen LogP contribution in [0.25, 0.3) is 0 Å². The van der Waals surface area contributed by atoms with Crippen molar-refractivity contribution in [1.82, 2.24) is 10.2 Å². The topological polar surface area (TPSA) is 35.5 Å². The van der Waals surface area contributed by atoms with Gasteiger partial charge in [-0.25, -0.2) is 0 Å². The monoisotopic (exact) mass is 296 g/mol. The van der Waals surface area contributed by atoms with Crippen LogP contribution in [0.5, 0.6) is 0 Å². The number of aliphatic hydroxyl groups excluding tert-OH is 1. The van der Waals surface area contributed by atoms with Gasteiger partial charge in [0.2, 0.25) is 0 Å². The molecule has 1 atom stereocenters. The summed E-state index contributed by atoms with van der Waals surface area (Å²) in [5.74, 6) is 0. The second-order valence-electron chi connectivity index (χ2n) is 5.49. The Morgan fingerprint density at radius 2 is 2.05 bits per heavy atom. The van der Waals surface area contributed by atoms with Gasteiger partial charge in [0.25, 0.3) is 0 Å². The molecule has 1 unspecified atom stereocenters. The molecule has 20 heavy (non-hydrogen) atoms. The molecule has 1 fully saturated rings. The molecule has 1 aliphatic heterocycles. The van der Waals surface area contributed by atoms with Crippen molar-refractivity contribution in [3.05, 3.63) is 34.9 Å². The maximum Gasteiger partial charge on any atom is 0.0564 e. The van der Waals surface area contributed by atoms with Gasteiger partial charge in [0.1, 0.15) is 0 Å². The molecule has 0 saturated carbocycles. The van der Waals surface area contributed by atoms with E-state index in [9.17, 15) is 5.11 Å². The zero-order valence-corrected chi connectivity index (χ0v) is 12.9. The van der Waals surface area contributed by atoms with Crippen molar-refractivity contribution in [2.24, 2.45) is 0 Å². The third-order valence-electron chi connectivity index (χ3n) is 4.02. The number of hydrogen-bond donors (Lipinski definition) is 2. The Bertz CT molecular complexity index is 405. The molecule has 1 heterocycles. The van der Waals surface area contributed by atoms with E-state index in [1.807, 2.05) is 18.2 Å². The lowest BCUT2D eigenvalue weighted by Gasteiger charge is -2.31. The Morgan fingerprint density at radius 3 is 2.70 bits per heavy atom. The lowest BCUT2D eigenvalue weighted by Crippen LogP contribution is -2.37. The number of aliphatic hydroxyl groups is 1. The van der Waals surface area contributed by atoms with Crippen LogP contribution in [-0.4, -0.2) is 42.3 Å². The number of nitrogens with zero attached hydrogens (tertiary/aromatic N) is 1. The highest BCUT2D eigenvalue weighted by Crippen LogP contribution is 2.25. The van der Waals surface area contributed by atoms with Gasteiger partial charge >= 0.3 is 0 Å². The number of rotatable bonds is 6. The average molecular weight is 297 g/mol. The van der Waals surface area contributed by atoms with Crippen LogP contribution in [-0.2, 0) is 0 Å². The maximum atomic E-state index is 9.55. The van der Waals surface area contributed by atoms with Crippen molar-refractivity contribution >= 4 is 11.6 Å². The number of nitrogens with one attached hydrogen (secondary N) is 1. The van der Waals surface area contributed by atoms with Crippen LogP contribution in [0.4, 0.5) is 0 Å². The molecule has 2 rings (SSSR count). The molecule has 0 aromatic heterocycles. The largest absolute Gasteiger partial charge is 0.393 e. The first-order chi connectivity index (χ1) is 9.70. The normalized spacial score (nSPS) is 19.1. The Morgan fingerprint density at radius 1 is 1.35 bits per heavy atom.